The van der Waals surface area contributed by atoms with E-state index in [1.54, 1.807) is 24.3 Å². The van der Waals surface area contributed by atoms with Crippen molar-refractivity contribution in [1.82, 2.24) is 10.6 Å². The zero-order chi connectivity index (χ0) is 11.4. The molecule has 1 aliphatic heterocycles. The normalized spacial score (nSPS) is 18.5. The molecule has 1 heterocycles. The van der Waals surface area contributed by atoms with Gasteiger partial charge in [0, 0.05) is 17.1 Å². The summed E-state index contributed by atoms with van der Waals surface area (Å²) >= 11 is 5.83. The van der Waals surface area contributed by atoms with E-state index in [-0.39, 0.29) is 18.3 Å². The van der Waals surface area contributed by atoms with Gasteiger partial charge < -0.3 is 10.6 Å². The maximum atomic E-state index is 11.8. The molecule has 1 atom stereocenters. The number of carbonyl (C=O) groups is 1. The predicted molar refractivity (Wildman–Crippen MR) is 72.0 cm³/mol. The van der Waals surface area contributed by atoms with Crippen LogP contribution in [0.25, 0.3) is 0 Å². The maximum Gasteiger partial charge on any atom is 0.251 e. The van der Waals surface area contributed by atoms with Gasteiger partial charge >= 0.3 is 0 Å². The molecule has 0 bridgehead atoms. The monoisotopic (exact) mass is 274 g/mol. The number of hydrogen-bond donors (Lipinski definition) is 2. The second-order valence-corrected chi connectivity index (χ2v) is 4.52. The Bertz CT molecular complexity index is 379. The standard InChI is InChI=1S/C12H15ClN2O.ClH/c13-11-3-1-2-10(6-11)12(16)15-8-9-4-5-14-7-9;/h1-3,6,9,14H,4-5,7-8H2,(H,15,16);1H. The van der Waals surface area contributed by atoms with Gasteiger partial charge in [-0.1, -0.05) is 17.7 Å². The molecule has 0 aliphatic carbocycles. The van der Waals surface area contributed by atoms with Crippen molar-refractivity contribution in [2.45, 2.75) is 6.42 Å². The molecule has 1 fully saturated rings. The third kappa shape index (κ3) is 4.19. The average molecular weight is 275 g/mol. The number of rotatable bonds is 3. The molecule has 5 heteroatoms. The fourth-order valence-electron chi connectivity index (χ4n) is 1.86. The van der Waals surface area contributed by atoms with Gasteiger partial charge in [0.15, 0.2) is 0 Å². The summed E-state index contributed by atoms with van der Waals surface area (Å²) in [5, 5.41) is 6.80. The zero-order valence-electron chi connectivity index (χ0n) is 9.41. The highest BCUT2D eigenvalue weighted by atomic mass is 35.5. The number of hydrogen-bond acceptors (Lipinski definition) is 2. The molecule has 0 radical (unpaired) electrons. The first kappa shape index (κ1) is 14.3. The molecule has 1 saturated heterocycles. The van der Waals surface area contributed by atoms with Crippen LogP contribution in [0.2, 0.25) is 5.02 Å². The second-order valence-electron chi connectivity index (χ2n) is 4.08. The van der Waals surface area contributed by atoms with Crippen LogP contribution in [0.1, 0.15) is 16.8 Å². The lowest BCUT2D eigenvalue weighted by Gasteiger charge is -2.10. The highest BCUT2D eigenvalue weighted by Crippen LogP contribution is 2.11. The van der Waals surface area contributed by atoms with Gasteiger partial charge in [0.25, 0.3) is 5.91 Å². The van der Waals surface area contributed by atoms with E-state index in [1.807, 2.05) is 0 Å². The van der Waals surface area contributed by atoms with Crippen molar-refractivity contribution in [3.8, 4) is 0 Å². The lowest BCUT2D eigenvalue weighted by Crippen LogP contribution is -2.30. The minimum Gasteiger partial charge on any atom is -0.352 e. The summed E-state index contributed by atoms with van der Waals surface area (Å²) in [5.74, 6) is 0.512. The first-order valence-electron chi connectivity index (χ1n) is 5.50. The summed E-state index contributed by atoms with van der Waals surface area (Å²) in [7, 11) is 0. The van der Waals surface area contributed by atoms with E-state index >= 15 is 0 Å². The molecule has 2 N–H and O–H groups in total. The average Bonchev–Trinajstić information content (AvgIpc) is 2.78. The summed E-state index contributed by atoms with van der Waals surface area (Å²) in [6.07, 6.45) is 1.13. The van der Waals surface area contributed by atoms with E-state index < -0.39 is 0 Å². The van der Waals surface area contributed by atoms with Crippen molar-refractivity contribution in [2.24, 2.45) is 5.92 Å². The van der Waals surface area contributed by atoms with Crippen LogP contribution < -0.4 is 10.6 Å². The Kier molecular flexibility index (Phi) is 5.75. The van der Waals surface area contributed by atoms with E-state index in [4.69, 9.17) is 11.6 Å². The topological polar surface area (TPSA) is 41.1 Å². The number of carbonyl (C=O) groups excluding carboxylic acids is 1. The highest BCUT2D eigenvalue weighted by molar-refractivity contribution is 6.30. The largest absolute Gasteiger partial charge is 0.352 e. The second kappa shape index (κ2) is 6.84. The molecule has 0 saturated carbocycles. The first-order chi connectivity index (χ1) is 7.75. The molecular formula is C12H16Cl2N2O. The van der Waals surface area contributed by atoms with E-state index in [9.17, 15) is 4.79 Å². The van der Waals surface area contributed by atoms with Gasteiger partial charge in [0.1, 0.15) is 0 Å². The molecule has 0 aromatic heterocycles. The molecule has 0 spiro atoms. The van der Waals surface area contributed by atoms with E-state index in [0.29, 0.717) is 16.5 Å². The molecule has 1 unspecified atom stereocenters. The number of benzene rings is 1. The van der Waals surface area contributed by atoms with Crippen LogP contribution in [0, 0.1) is 5.92 Å². The minimum absolute atomic E-state index is 0. The fourth-order valence-corrected chi connectivity index (χ4v) is 2.05. The molecule has 17 heavy (non-hydrogen) atoms. The Hall–Kier alpha value is -0.770. The summed E-state index contributed by atoms with van der Waals surface area (Å²) in [6, 6.07) is 7.01. The molecule has 1 aromatic rings. The van der Waals surface area contributed by atoms with Gasteiger partial charge in [0.2, 0.25) is 0 Å². The van der Waals surface area contributed by atoms with Gasteiger partial charge in [-0.05, 0) is 43.6 Å². The van der Waals surface area contributed by atoms with Gasteiger partial charge in [-0.15, -0.1) is 12.4 Å². The Morgan fingerprint density at radius 1 is 1.53 bits per heavy atom. The molecule has 2 rings (SSSR count). The van der Waals surface area contributed by atoms with E-state index in [1.165, 1.54) is 0 Å². The van der Waals surface area contributed by atoms with Crippen molar-refractivity contribution in [1.29, 1.82) is 0 Å². The SMILES string of the molecule is Cl.O=C(NCC1CCNC1)c1cccc(Cl)c1. The molecule has 1 aromatic carbocycles. The van der Waals surface area contributed by atoms with Crippen LogP contribution in [0.15, 0.2) is 24.3 Å². The third-order valence-corrected chi connectivity index (χ3v) is 3.04. The number of halogens is 2. The fraction of sp³-hybridized carbons (Fsp3) is 0.417. The van der Waals surface area contributed by atoms with Crippen LogP contribution in [0.4, 0.5) is 0 Å². The molecule has 94 valence electrons. The van der Waals surface area contributed by atoms with Crippen LogP contribution in [-0.2, 0) is 0 Å². The smallest absolute Gasteiger partial charge is 0.251 e. The van der Waals surface area contributed by atoms with Crippen LogP contribution >= 0.6 is 24.0 Å². The van der Waals surface area contributed by atoms with Crippen molar-refractivity contribution in [3.05, 3.63) is 34.9 Å². The van der Waals surface area contributed by atoms with Crippen LogP contribution in [0.5, 0.6) is 0 Å². The van der Waals surface area contributed by atoms with E-state index in [2.05, 4.69) is 10.6 Å². The van der Waals surface area contributed by atoms with E-state index in [0.717, 1.165) is 26.1 Å². The zero-order valence-corrected chi connectivity index (χ0v) is 11.0. The third-order valence-electron chi connectivity index (χ3n) is 2.80. The molecule has 1 aliphatic rings. The quantitative estimate of drug-likeness (QED) is 0.887. The highest BCUT2D eigenvalue weighted by Gasteiger charge is 2.15. The number of nitrogens with one attached hydrogen (secondary N) is 2. The Labute approximate surface area is 112 Å². The van der Waals surface area contributed by atoms with Crippen molar-refractivity contribution >= 4 is 29.9 Å². The van der Waals surface area contributed by atoms with Gasteiger partial charge in [-0.25, -0.2) is 0 Å². The molecule has 3 nitrogen and oxygen atoms in total. The van der Waals surface area contributed by atoms with Gasteiger partial charge in [-0.3, -0.25) is 4.79 Å². The summed E-state index contributed by atoms with van der Waals surface area (Å²) in [4.78, 5) is 11.8. The van der Waals surface area contributed by atoms with Crippen LogP contribution in [-0.4, -0.2) is 25.5 Å². The summed E-state index contributed by atoms with van der Waals surface area (Å²) in [6.45, 7) is 2.78. The lowest BCUT2D eigenvalue weighted by atomic mass is 10.1. The Morgan fingerprint density at radius 2 is 2.35 bits per heavy atom. The first-order valence-corrected chi connectivity index (χ1v) is 5.88. The van der Waals surface area contributed by atoms with Crippen LogP contribution in [0.3, 0.4) is 0 Å². The van der Waals surface area contributed by atoms with Crippen molar-refractivity contribution in [2.75, 3.05) is 19.6 Å². The molecule has 1 amide bonds. The van der Waals surface area contributed by atoms with Crippen molar-refractivity contribution in [3.63, 3.8) is 0 Å². The lowest BCUT2D eigenvalue weighted by molar-refractivity contribution is 0.0948. The maximum absolute atomic E-state index is 11.8. The summed E-state index contributed by atoms with van der Waals surface area (Å²) < 4.78 is 0. The Balaban J connectivity index is 0.00000144. The minimum atomic E-state index is -0.0469. The predicted octanol–water partition coefficient (Wildman–Crippen LogP) is 2.10. The summed E-state index contributed by atoms with van der Waals surface area (Å²) in [5.41, 5.74) is 0.624. The Morgan fingerprint density at radius 3 is 3.00 bits per heavy atom. The van der Waals surface area contributed by atoms with Crippen molar-refractivity contribution < 1.29 is 4.79 Å². The van der Waals surface area contributed by atoms with Gasteiger partial charge in [-0.2, -0.15) is 0 Å². The van der Waals surface area contributed by atoms with Gasteiger partial charge in [0.05, 0.1) is 0 Å². The molecular weight excluding hydrogens is 259 g/mol. The number of amides is 1.